The van der Waals surface area contributed by atoms with Crippen molar-refractivity contribution >= 4 is 5.84 Å². The van der Waals surface area contributed by atoms with Gasteiger partial charge in [0.15, 0.2) is 5.84 Å². The van der Waals surface area contributed by atoms with E-state index in [0.29, 0.717) is 12.4 Å². The number of nitrogens with zero attached hydrogens (tertiary/aromatic N) is 2. The summed E-state index contributed by atoms with van der Waals surface area (Å²) >= 11 is 0. The van der Waals surface area contributed by atoms with E-state index < -0.39 is 0 Å². The number of rotatable bonds is 4. The second-order valence-corrected chi connectivity index (χ2v) is 3.93. The number of hydrazone groups is 1. The molecule has 2 rings (SSSR count). The maximum absolute atomic E-state index is 5.88. The molecule has 0 aromatic heterocycles. The molecule has 4 N–H and O–H groups in total. The molecule has 0 atom stereocenters. The van der Waals surface area contributed by atoms with Crippen LogP contribution in [0.2, 0.25) is 0 Å². The second kappa shape index (κ2) is 5.84. The summed E-state index contributed by atoms with van der Waals surface area (Å²) in [5, 5.41) is 5.49. The Balaban J connectivity index is 2.04. The van der Waals surface area contributed by atoms with Crippen molar-refractivity contribution in [3.05, 3.63) is 71.8 Å². The predicted molar refractivity (Wildman–Crippen MR) is 73.3 cm³/mol. The molecule has 0 amide bonds. The van der Waals surface area contributed by atoms with Crippen LogP contribution in [0.3, 0.4) is 0 Å². The van der Waals surface area contributed by atoms with Crippen LogP contribution in [0.4, 0.5) is 0 Å². The van der Waals surface area contributed by atoms with E-state index >= 15 is 0 Å². The first-order valence-corrected chi connectivity index (χ1v) is 5.71. The Morgan fingerprint density at radius 2 is 1.50 bits per heavy atom. The zero-order valence-electron chi connectivity index (χ0n) is 10.0. The van der Waals surface area contributed by atoms with E-state index in [1.165, 1.54) is 5.12 Å². The van der Waals surface area contributed by atoms with Crippen molar-refractivity contribution in [1.29, 1.82) is 0 Å². The molecule has 0 aliphatic heterocycles. The van der Waals surface area contributed by atoms with Gasteiger partial charge in [0.05, 0.1) is 6.54 Å². The SMILES string of the molecule is N/C(=N\N(N)Cc1ccccc1)c1ccccc1. The minimum atomic E-state index is 0.411. The molecule has 0 bridgehead atoms. The normalized spacial score (nSPS) is 11.3. The van der Waals surface area contributed by atoms with Gasteiger partial charge in [-0.1, -0.05) is 60.7 Å². The molecule has 0 aliphatic rings. The minimum absolute atomic E-state index is 0.411. The third kappa shape index (κ3) is 3.33. The molecule has 2 aromatic carbocycles. The van der Waals surface area contributed by atoms with E-state index in [0.717, 1.165) is 11.1 Å². The van der Waals surface area contributed by atoms with Gasteiger partial charge in [-0.2, -0.15) is 0 Å². The average Bonchev–Trinajstić information content (AvgIpc) is 2.40. The van der Waals surface area contributed by atoms with Crippen molar-refractivity contribution in [2.45, 2.75) is 6.54 Å². The van der Waals surface area contributed by atoms with Crippen LogP contribution in [0.15, 0.2) is 65.8 Å². The van der Waals surface area contributed by atoms with Gasteiger partial charge in [-0.05, 0) is 5.56 Å². The molecule has 18 heavy (non-hydrogen) atoms. The maximum Gasteiger partial charge on any atom is 0.152 e. The lowest BCUT2D eigenvalue weighted by Crippen LogP contribution is -2.29. The summed E-state index contributed by atoms with van der Waals surface area (Å²) < 4.78 is 0. The van der Waals surface area contributed by atoms with E-state index in [-0.39, 0.29) is 0 Å². The Bertz CT molecular complexity index is 508. The molecule has 92 valence electrons. The van der Waals surface area contributed by atoms with Crippen LogP contribution in [0.5, 0.6) is 0 Å². The van der Waals surface area contributed by atoms with Gasteiger partial charge in [0.25, 0.3) is 0 Å². The lowest BCUT2D eigenvalue weighted by atomic mass is 10.2. The van der Waals surface area contributed by atoms with E-state index in [9.17, 15) is 0 Å². The van der Waals surface area contributed by atoms with Gasteiger partial charge in [0.1, 0.15) is 0 Å². The van der Waals surface area contributed by atoms with E-state index in [4.69, 9.17) is 11.6 Å². The van der Waals surface area contributed by atoms with Crippen LogP contribution in [0.25, 0.3) is 0 Å². The van der Waals surface area contributed by atoms with Gasteiger partial charge in [0.2, 0.25) is 0 Å². The van der Waals surface area contributed by atoms with E-state index in [1.807, 2.05) is 60.7 Å². The van der Waals surface area contributed by atoms with Crippen LogP contribution in [-0.4, -0.2) is 11.0 Å². The molecular weight excluding hydrogens is 224 g/mol. The Morgan fingerprint density at radius 1 is 0.944 bits per heavy atom. The Morgan fingerprint density at radius 3 is 2.11 bits per heavy atom. The fraction of sp³-hybridized carbons (Fsp3) is 0.0714. The van der Waals surface area contributed by atoms with Gasteiger partial charge >= 0.3 is 0 Å². The number of hydrazine groups is 1. The average molecular weight is 240 g/mol. The topological polar surface area (TPSA) is 67.6 Å². The van der Waals surface area contributed by atoms with Gasteiger partial charge in [-0.15, -0.1) is 5.10 Å². The number of benzene rings is 2. The van der Waals surface area contributed by atoms with Gasteiger partial charge < -0.3 is 5.73 Å². The summed E-state index contributed by atoms with van der Waals surface area (Å²) in [6.45, 7) is 0.522. The van der Waals surface area contributed by atoms with Crippen molar-refractivity contribution in [3.63, 3.8) is 0 Å². The summed E-state index contributed by atoms with van der Waals surface area (Å²) in [5.74, 6) is 6.22. The molecule has 0 aliphatic carbocycles. The van der Waals surface area contributed by atoms with Crippen LogP contribution in [-0.2, 0) is 6.54 Å². The highest BCUT2D eigenvalue weighted by molar-refractivity contribution is 5.97. The summed E-state index contributed by atoms with van der Waals surface area (Å²) in [4.78, 5) is 0. The van der Waals surface area contributed by atoms with Crippen LogP contribution in [0.1, 0.15) is 11.1 Å². The second-order valence-electron chi connectivity index (χ2n) is 3.93. The minimum Gasteiger partial charge on any atom is -0.382 e. The lowest BCUT2D eigenvalue weighted by molar-refractivity contribution is 0.290. The molecule has 0 unspecified atom stereocenters. The summed E-state index contributed by atoms with van der Waals surface area (Å²) in [6.07, 6.45) is 0. The smallest absolute Gasteiger partial charge is 0.152 e. The molecule has 0 heterocycles. The first-order valence-electron chi connectivity index (χ1n) is 5.71. The monoisotopic (exact) mass is 240 g/mol. The van der Waals surface area contributed by atoms with Crippen LogP contribution >= 0.6 is 0 Å². The van der Waals surface area contributed by atoms with Crippen molar-refractivity contribution < 1.29 is 0 Å². The Labute approximate surface area is 106 Å². The number of amidine groups is 1. The first-order chi connectivity index (χ1) is 8.75. The molecule has 2 aromatic rings. The highest BCUT2D eigenvalue weighted by atomic mass is 15.6. The fourth-order valence-corrected chi connectivity index (χ4v) is 1.61. The standard InChI is InChI=1S/C14H16N4/c15-14(13-9-5-2-6-10-13)17-18(16)11-12-7-3-1-4-8-12/h1-10H,11,16H2,(H2,15,17). The van der Waals surface area contributed by atoms with Gasteiger partial charge in [0, 0.05) is 5.56 Å². The van der Waals surface area contributed by atoms with Gasteiger partial charge in [-0.3, -0.25) is 0 Å². The third-order valence-corrected chi connectivity index (χ3v) is 2.49. The van der Waals surface area contributed by atoms with Crippen molar-refractivity contribution in [3.8, 4) is 0 Å². The molecule has 0 saturated carbocycles. The number of hydrogen-bond acceptors (Lipinski definition) is 3. The Kier molecular flexibility index (Phi) is 3.94. The summed E-state index contributed by atoms with van der Waals surface area (Å²) in [7, 11) is 0. The highest BCUT2D eigenvalue weighted by Gasteiger charge is 2.01. The zero-order chi connectivity index (χ0) is 12.8. The largest absolute Gasteiger partial charge is 0.382 e. The highest BCUT2D eigenvalue weighted by Crippen LogP contribution is 2.03. The fourth-order valence-electron chi connectivity index (χ4n) is 1.61. The molecular formula is C14H16N4. The summed E-state index contributed by atoms with van der Waals surface area (Å²) in [5.41, 5.74) is 7.83. The predicted octanol–water partition coefficient (Wildman–Crippen LogP) is 1.68. The maximum atomic E-state index is 5.88. The van der Waals surface area contributed by atoms with E-state index in [1.54, 1.807) is 0 Å². The molecule has 0 radical (unpaired) electrons. The van der Waals surface area contributed by atoms with E-state index in [2.05, 4.69) is 5.10 Å². The van der Waals surface area contributed by atoms with Gasteiger partial charge in [-0.25, -0.2) is 11.0 Å². The molecule has 0 fully saturated rings. The van der Waals surface area contributed by atoms with Crippen molar-refractivity contribution in [2.75, 3.05) is 0 Å². The third-order valence-electron chi connectivity index (χ3n) is 2.49. The Hall–Kier alpha value is -2.33. The van der Waals surface area contributed by atoms with Crippen molar-refractivity contribution in [2.24, 2.45) is 16.7 Å². The molecule has 0 spiro atoms. The van der Waals surface area contributed by atoms with Crippen LogP contribution < -0.4 is 11.6 Å². The summed E-state index contributed by atoms with van der Waals surface area (Å²) in [6, 6.07) is 19.4. The zero-order valence-corrected chi connectivity index (χ0v) is 10.0. The molecule has 0 saturated heterocycles. The molecule has 4 heteroatoms. The first kappa shape index (κ1) is 12.1. The van der Waals surface area contributed by atoms with Crippen LogP contribution in [0, 0.1) is 0 Å². The quantitative estimate of drug-likeness (QED) is 0.370. The number of nitrogens with two attached hydrogens (primary N) is 2. The van der Waals surface area contributed by atoms with Crippen molar-refractivity contribution in [1.82, 2.24) is 5.12 Å². The molecule has 4 nitrogen and oxygen atoms in total. The number of hydrogen-bond donors (Lipinski definition) is 2. The lowest BCUT2D eigenvalue weighted by Gasteiger charge is -2.13.